The Balaban J connectivity index is 1.55. The summed E-state index contributed by atoms with van der Waals surface area (Å²) < 4.78 is 11.6. The van der Waals surface area contributed by atoms with Crippen LogP contribution >= 0.6 is 23.5 Å². The van der Waals surface area contributed by atoms with Gasteiger partial charge in [0.25, 0.3) is 0 Å². The maximum atomic E-state index is 12.4. The first-order chi connectivity index (χ1) is 14.6. The van der Waals surface area contributed by atoms with Crippen molar-refractivity contribution in [3.63, 3.8) is 0 Å². The molecule has 0 spiro atoms. The molecule has 3 aromatic rings. The molecule has 1 fully saturated rings. The third kappa shape index (κ3) is 3.62. The van der Waals surface area contributed by atoms with E-state index in [1.807, 2.05) is 29.2 Å². The van der Waals surface area contributed by atoms with E-state index in [-0.39, 0.29) is 11.0 Å². The average molecular weight is 440 g/mol. The van der Waals surface area contributed by atoms with E-state index >= 15 is 0 Å². The van der Waals surface area contributed by atoms with E-state index in [0.29, 0.717) is 37.9 Å². The van der Waals surface area contributed by atoms with Crippen molar-refractivity contribution in [2.45, 2.75) is 19.6 Å². The van der Waals surface area contributed by atoms with E-state index in [1.165, 1.54) is 23.9 Å². The predicted octanol–water partition coefficient (Wildman–Crippen LogP) is 4.46. The van der Waals surface area contributed by atoms with Gasteiger partial charge in [0.05, 0.1) is 18.8 Å². The Kier molecular flexibility index (Phi) is 5.06. The maximum Gasteiger partial charge on any atom is 0.335 e. The summed E-state index contributed by atoms with van der Waals surface area (Å²) in [6.07, 6.45) is 0. The van der Waals surface area contributed by atoms with Crippen molar-refractivity contribution in [2.24, 2.45) is 0 Å². The monoisotopic (exact) mass is 439 g/mol. The van der Waals surface area contributed by atoms with Crippen LogP contribution in [0.1, 0.15) is 10.4 Å². The second-order valence-electron chi connectivity index (χ2n) is 6.90. The van der Waals surface area contributed by atoms with Crippen molar-refractivity contribution in [3.8, 4) is 11.3 Å². The smallest absolute Gasteiger partial charge is 0.335 e. The molecule has 0 saturated carbocycles. The summed E-state index contributed by atoms with van der Waals surface area (Å²) in [5.41, 5.74) is 1.02. The van der Waals surface area contributed by atoms with Crippen molar-refractivity contribution >= 4 is 35.4 Å². The fraction of sp³-hybridized carbons (Fsp3) is 0.182. The number of nitrogens with zero attached hydrogens (tertiary/aromatic N) is 1. The summed E-state index contributed by atoms with van der Waals surface area (Å²) in [7, 11) is 0. The fourth-order valence-electron chi connectivity index (χ4n) is 3.47. The molecule has 0 unspecified atom stereocenters. The van der Waals surface area contributed by atoms with Crippen LogP contribution in [0.5, 0.6) is 0 Å². The Morgan fingerprint density at radius 1 is 0.967 bits per heavy atom. The summed E-state index contributed by atoms with van der Waals surface area (Å²) in [5, 5.41) is 9.26. The number of rotatable bonds is 3. The van der Waals surface area contributed by atoms with E-state index in [9.17, 15) is 14.7 Å². The minimum Gasteiger partial charge on any atom is -0.478 e. The zero-order chi connectivity index (χ0) is 20.7. The number of morpholine rings is 1. The van der Waals surface area contributed by atoms with Crippen LogP contribution in [0.25, 0.3) is 11.3 Å². The van der Waals surface area contributed by atoms with Crippen LogP contribution in [0.15, 0.2) is 77.3 Å². The molecule has 0 radical (unpaired) electrons. The third-order valence-electron chi connectivity index (χ3n) is 4.94. The molecule has 6 nitrogen and oxygen atoms in total. The first-order valence-electron chi connectivity index (χ1n) is 9.43. The average Bonchev–Trinajstić information content (AvgIpc) is 2.77. The van der Waals surface area contributed by atoms with Crippen LogP contribution in [0.3, 0.4) is 0 Å². The van der Waals surface area contributed by atoms with Crippen LogP contribution in [0.4, 0.5) is 5.88 Å². The summed E-state index contributed by atoms with van der Waals surface area (Å²) in [6.45, 7) is 2.58. The lowest BCUT2D eigenvalue weighted by atomic mass is 10.1. The molecule has 8 heteroatoms. The number of ether oxygens (including phenoxy) is 1. The normalized spacial score (nSPS) is 15.4. The van der Waals surface area contributed by atoms with Gasteiger partial charge in [0.2, 0.25) is 0 Å². The molecule has 1 saturated heterocycles. The highest BCUT2D eigenvalue weighted by atomic mass is 32.2. The van der Waals surface area contributed by atoms with Crippen molar-refractivity contribution in [2.75, 3.05) is 31.2 Å². The van der Waals surface area contributed by atoms with Gasteiger partial charge in [-0.25, -0.2) is 4.79 Å². The Labute approximate surface area is 180 Å². The van der Waals surface area contributed by atoms with E-state index < -0.39 is 5.97 Å². The van der Waals surface area contributed by atoms with Crippen LogP contribution in [0.2, 0.25) is 0 Å². The minimum absolute atomic E-state index is 0.102. The van der Waals surface area contributed by atoms with E-state index in [4.69, 9.17) is 9.15 Å². The van der Waals surface area contributed by atoms with Crippen LogP contribution in [-0.4, -0.2) is 37.4 Å². The number of hydrogen-bond acceptors (Lipinski definition) is 7. The number of carbonyl (C=O) groups is 1. The zero-order valence-corrected chi connectivity index (χ0v) is 17.4. The molecule has 2 aromatic carbocycles. The number of carboxylic acid groups (broad SMARTS) is 1. The molecule has 1 aromatic heterocycles. The van der Waals surface area contributed by atoms with Crippen molar-refractivity contribution < 1.29 is 19.1 Å². The quantitative estimate of drug-likeness (QED) is 0.501. The van der Waals surface area contributed by atoms with Gasteiger partial charge in [-0.3, -0.25) is 4.79 Å². The Bertz CT molecular complexity index is 1200. The molecule has 0 bridgehead atoms. The van der Waals surface area contributed by atoms with Crippen LogP contribution in [0, 0.1) is 0 Å². The fourth-order valence-corrected chi connectivity index (χ4v) is 5.87. The van der Waals surface area contributed by atoms with Gasteiger partial charge in [0.1, 0.15) is 5.76 Å². The highest BCUT2D eigenvalue weighted by Crippen LogP contribution is 2.51. The lowest BCUT2D eigenvalue weighted by molar-refractivity contribution is 0.0696. The summed E-state index contributed by atoms with van der Waals surface area (Å²) >= 11 is 3.09. The first-order valence-corrected chi connectivity index (χ1v) is 11.1. The third-order valence-corrected chi connectivity index (χ3v) is 7.54. The summed E-state index contributed by atoms with van der Waals surface area (Å²) in [4.78, 5) is 29.6. The molecule has 1 N–H and O–H groups in total. The second kappa shape index (κ2) is 7.86. The van der Waals surface area contributed by atoms with Crippen LogP contribution in [-0.2, 0) is 4.74 Å². The van der Waals surface area contributed by atoms with Gasteiger partial charge >= 0.3 is 5.97 Å². The summed E-state index contributed by atoms with van der Waals surface area (Å²) in [5.74, 6) is 0.141. The number of benzene rings is 2. The SMILES string of the molecule is O=C(O)c1ccc2c(c1)Sc1cccc(-c3cc(=O)cc(N4CCOCC4)o3)c1S2. The van der Waals surface area contributed by atoms with Crippen molar-refractivity contribution in [1.29, 1.82) is 0 Å². The highest BCUT2D eigenvalue weighted by Gasteiger charge is 2.23. The molecule has 0 atom stereocenters. The number of anilines is 1. The molecule has 2 aliphatic rings. The Hall–Kier alpha value is -2.68. The van der Waals surface area contributed by atoms with E-state index in [0.717, 1.165) is 25.1 Å². The summed E-state index contributed by atoms with van der Waals surface area (Å²) in [6, 6.07) is 14.1. The lowest BCUT2D eigenvalue weighted by Gasteiger charge is -2.27. The number of hydrogen-bond donors (Lipinski definition) is 1. The van der Waals surface area contributed by atoms with Gasteiger partial charge in [0, 0.05) is 50.4 Å². The van der Waals surface area contributed by atoms with Gasteiger partial charge in [-0.2, -0.15) is 0 Å². The topological polar surface area (TPSA) is 80.0 Å². The molecule has 3 heterocycles. The maximum absolute atomic E-state index is 12.4. The Morgan fingerprint density at radius 2 is 1.80 bits per heavy atom. The predicted molar refractivity (Wildman–Crippen MR) is 115 cm³/mol. The number of carboxylic acids is 1. The second-order valence-corrected chi connectivity index (χ2v) is 9.03. The molecular weight excluding hydrogens is 422 g/mol. The largest absolute Gasteiger partial charge is 0.478 e. The van der Waals surface area contributed by atoms with Crippen molar-refractivity contribution in [1.82, 2.24) is 0 Å². The minimum atomic E-state index is -0.940. The lowest BCUT2D eigenvalue weighted by Crippen LogP contribution is -2.36. The molecule has 0 aliphatic carbocycles. The molecule has 2 aliphatic heterocycles. The molecule has 30 heavy (non-hydrogen) atoms. The molecule has 5 rings (SSSR count). The zero-order valence-electron chi connectivity index (χ0n) is 15.8. The van der Waals surface area contributed by atoms with Crippen LogP contribution < -0.4 is 10.3 Å². The van der Waals surface area contributed by atoms with E-state index in [1.54, 1.807) is 23.9 Å². The molecule has 0 amide bonds. The van der Waals surface area contributed by atoms with E-state index in [2.05, 4.69) is 0 Å². The molecule has 152 valence electrons. The van der Waals surface area contributed by atoms with Crippen molar-refractivity contribution in [3.05, 3.63) is 64.3 Å². The van der Waals surface area contributed by atoms with Gasteiger partial charge < -0.3 is 19.2 Å². The molecular formula is C22H17NO5S2. The Morgan fingerprint density at radius 3 is 2.60 bits per heavy atom. The number of fused-ring (bicyclic) bond motifs is 2. The van der Waals surface area contributed by atoms with Gasteiger partial charge in [0.15, 0.2) is 11.3 Å². The van der Waals surface area contributed by atoms with Gasteiger partial charge in [-0.05, 0) is 24.3 Å². The standard InChI is InChI=1S/C22H17NO5S2/c24-14-11-16(28-20(12-14)23-6-8-27-9-7-23)15-2-1-3-18-21(15)30-17-5-4-13(22(25)26)10-19(17)29-18/h1-5,10-12H,6-9H2,(H,25,26). The van der Waals surface area contributed by atoms with Gasteiger partial charge in [-0.1, -0.05) is 35.7 Å². The highest BCUT2D eigenvalue weighted by molar-refractivity contribution is 8.05. The number of aromatic carboxylic acids is 1. The van der Waals surface area contributed by atoms with Gasteiger partial charge in [-0.15, -0.1) is 0 Å². The first kappa shape index (κ1) is 19.3.